The number of carbonyl (C=O) groups is 3. The third-order valence-electron chi connectivity index (χ3n) is 3.40. The van der Waals surface area contributed by atoms with Gasteiger partial charge in [-0.05, 0) is 49.4 Å². The van der Waals surface area contributed by atoms with Gasteiger partial charge in [-0.15, -0.1) is 11.8 Å². The van der Waals surface area contributed by atoms with Crippen LogP contribution in [0.5, 0.6) is 0 Å². The van der Waals surface area contributed by atoms with E-state index in [0.717, 1.165) is 4.90 Å². The maximum absolute atomic E-state index is 13.9. The summed E-state index contributed by atoms with van der Waals surface area (Å²) in [6.07, 6.45) is 0. The number of rotatable bonds is 6. The van der Waals surface area contributed by atoms with Crippen molar-refractivity contribution in [3.8, 4) is 0 Å². The Morgan fingerprint density at radius 3 is 2.04 bits per heavy atom. The van der Waals surface area contributed by atoms with Gasteiger partial charge in [0.25, 0.3) is 0 Å². The molecular formula is C19H20FN3O3S. The molecule has 0 fully saturated rings. The molecule has 0 radical (unpaired) electrons. The number of hydrogen-bond donors (Lipinski definition) is 3. The van der Waals surface area contributed by atoms with E-state index in [0.29, 0.717) is 11.4 Å². The van der Waals surface area contributed by atoms with Crippen LogP contribution in [0.3, 0.4) is 0 Å². The molecule has 0 aliphatic rings. The van der Waals surface area contributed by atoms with Crippen LogP contribution in [0, 0.1) is 5.82 Å². The fourth-order valence-electron chi connectivity index (χ4n) is 2.21. The zero-order chi connectivity index (χ0) is 20.0. The van der Waals surface area contributed by atoms with Crippen LogP contribution in [-0.2, 0) is 14.4 Å². The monoisotopic (exact) mass is 389 g/mol. The molecule has 0 aliphatic heterocycles. The van der Waals surface area contributed by atoms with Crippen LogP contribution >= 0.6 is 11.8 Å². The summed E-state index contributed by atoms with van der Waals surface area (Å²) in [7, 11) is 0. The molecule has 3 amide bonds. The predicted octanol–water partition coefficient (Wildman–Crippen LogP) is 3.86. The van der Waals surface area contributed by atoms with E-state index in [-0.39, 0.29) is 23.4 Å². The summed E-state index contributed by atoms with van der Waals surface area (Å²) in [5.41, 5.74) is 1.06. The van der Waals surface area contributed by atoms with Crippen molar-refractivity contribution in [3.63, 3.8) is 0 Å². The van der Waals surface area contributed by atoms with Crippen molar-refractivity contribution >= 4 is 46.5 Å². The molecule has 1 unspecified atom stereocenters. The van der Waals surface area contributed by atoms with Crippen molar-refractivity contribution in [1.82, 2.24) is 0 Å². The SMILES string of the molecule is CC(=O)Nc1ccc(SC(C)C(=O)Nc2cc(NC(C)=O)ccc2F)cc1. The average Bonchev–Trinajstić information content (AvgIpc) is 2.58. The summed E-state index contributed by atoms with van der Waals surface area (Å²) < 4.78 is 13.9. The first-order chi connectivity index (χ1) is 12.7. The second-order valence-electron chi connectivity index (χ2n) is 5.83. The maximum Gasteiger partial charge on any atom is 0.237 e. The quantitative estimate of drug-likeness (QED) is 0.655. The van der Waals surface area contributed by atoms with E-state index in [9.17, 15) is 18.8 Å². The van der Waals surface area contributed by atoms with Crippen LogP contribution in [-0.4, -0.2) is 23.0 Å². The highest BCUT2D eigenvalue weighted by molar-refractivity contribution is 8.00. The van der Waals surface area contributed by atoms with Crippen LogP contribution < -0.4 is 16.0 Å². The highest BCUT2D eigenvalue weighted by Gasteiger charge is 2.17. The summed E-state index contributed by atoms with van der Waals surface area (Å²) in [5.74, 6) is -1.41. The molecule has 2 aromatic rings. The van der Waals surface area contributed by atoms with Gasteiger partial charge in [0.1, 0.15) is 5.82 Å². The lowest BCUT2D eigenvalue weighted by Gasteiger charge is -2.14. The van der Waals surface area contributed by atoms with E-state index in [1.165, 1.54) is 43.8 Å². The lowest BCUT2D eigenvalue weighted by Crippen LogP contribution is -2.23. The first-order valence-electron chi connectivity index (χ1n) is 8.17. The Bertz CT molecular complexity index is 856. The molecular weight excluding hydrogens is 369 g/mol. The second-order valence-corrected chi connectivity index (χ2v) is 7.24. The molecule has 6 nitrogen and oxygen atoms in total. The minimum absolute atomic E-state index is 0.000272. The normalized spacial score (nSPS) is 11.4. The Hall–Kier alpha value is -2.87. The third-order valence-corrected chi connectivity index (χ3v) is 4.51. The highest BCUT2D eigenvalue weighted by atomic mass is 32.2. The molecule has 27 heavy (non-hydrogen) atoms. The smallest absolute Gasteiger partial charge is 0.237 e. The average molecular weight is 389 g/mol. The van der Waals surface area contributed by atoms with Gasteiger partial charge in [0.05, 0.1) is 10.9 Å². The molecule has 3 N–H and O–H groups in total. The number of hydrogen-bond acceptors (Lipinski definition) is 4. The van der Waals surface area contributed by atoms with Crippen LogP contribution in [0.15, 0.2) is 47.4 Å². The lowest BCUT2D eigenvalue weighted by molar-refractivity contribution is -0.116. The first-order valence-corrected chi connectivity index (χ1v) is 9.05. The fraction of sp³-hybridized carbons (Fsp3) is 0.211. The molecule has 0 aromatic heterocycles. The van der Waals surface area contributed by atoms with Crippen molar-refractivity contribution in [2.45, 2.75) is 30.9 Å². The van der Waals surface area contributed by atoms with Gasteiger partial charge in [-0.25, -0.2) is 4.39 Å². The summed E-state index contributed by atoms with van der Waals surface area (Å²) in [6, 6.07) is 11.0. The minimum atomic E-state index is -0.589. The second kappa shape index (κ2) is 9.18. The fourth-order valence-corrected chi connectivity index (χ4v) is 3.08. The Balaban J connectivity index is 2.01. The number of benzene rings is 2. The largest absolute Gasteiger partial charge is 0.326 e. The Labute approximate surface area is 160 Å². The zero-order valence-corrected chi connectivity index (χ0v) is 15.9. The molecule has 0 heterocycles. The molecule has 2 rings (SSSR count). The lowest BCUT2D eigenvalue weighted by atomic mass is 10.2. The van der Waals surface area contributed by atoms with Gasteiger partial charge in [0, 0.05) is 30.1 Å². The van der Waals surface area contributed by atoms with E-state index in [1.54, 1.807) is 31.2 Å². The van der Waals surface area contributed by atoms with E-state index in [1.807, 2.05) is 0 Å². The van der Waals surface area contributed by atoms with Gasteiger partial charge in [0.2, 0.25) is 17.7 Å². The standard InChI is InChI=1S/C19H20FN3O3S/c1-11(27-16-7-4-14(5-8-16)21-12(2)24)19(26)23-18-10-15(22-13(3)25)6-9-17(18)20/h4-11H,1-3H3,(H,21,24)(H,22,25)(H,23,26). The van der Waals surface area contributed by atoms with Gasteiger partial charge >= 0.3 is 0 Å². The molecule has 0 saturated carbocycles. The van der Waals surface area contributed by atoms with Gasteiger partial charge in [0.15, 0.2) is 0 Å². The highest BCUT2D eigenvalue weighted by Crippen LogP contribution is 2.26. The van der Waals surface area contributed by atoms with Crippen molar-refractivity contribution in [1.29, 1.82) is 0 Å². The zero-order valence-electron chi connectivity index (χ0n) is 15.1. The number of amides is 3. The van der Waals surface area contributed by atoms with Crippen LogP contribution in [0.4, 0.5) is 21.5 Å². The predicted molar refractivity (Wildman–Crippen MR) is 105 cm³/mol. The molecule has 8 heteroatoms. The number of halogens is 1. The molecule has 0 aliphatic carbocycles. The summed E-state index contributed by atoms with van der Waals surface area (Å²) in [4.78, 5) is 35.3. The molecule has 0 spiro atoms. The minimum Gasteiger partial charge on any atom is -0.326 e. The van der Waals surface area contributed by atoms with E-state index < -0.39 is 11.1 Å². The topological polar surface area (TPSA) is 87.3 Å². The number of carbonyl (C=O) groups excluding carboxylic acids is 3. The third kappa shape index (κ3) is 6.41. The van der Waals surface area contributed by atoms with E-state index in [2.05, 4.69) is 16.0 Å². The van der Waals surface area contributed by atoms with Crippen LogP contribution in [0.2, 0.25) is 0 Å². The van der Waals surface area contributed by atoms with Crippen molar-refractivity contribution < 1.29 is 18.8 Å². The molecule has 0 bridgehead atoms. The van der Waals surface area contributed by atoms with E-state index >= 15 is 0 Å². The summed E-state index contributed by atoms with van der Waals surface area (Å²) in [5, 5.41) is 7.26. The van der Waals surface area contributed by atoms with Gasteiger partial charge in [-0.3, -0.25) is 14.4 Å². The molecule has 142 valence electrons. The number of thioether (sulfide) groups is 1. The Morgan fingerprint density at radius 1 is 0.889 bits per heavy atom. The van der Waals surface area contributed by atoms with Crippen molar-refractivity contribution in [2.75, 3.05) is 16.0 Å². The van der Waals surface area contributed by atoms with Gasteiger partial charge < -0.3 is 16.0 Å². The van der Waals surface area contributed by atoms with Crippen LogP contribution in [0.25, 0.3) is 0 Å². The summed E-state index contributed by atoms with van der Waals surface area (Å²) in [6.45, 7) is 4.48. The molecule has 1 atom stereocenters. The van der Waals surface area contributed by atoms with Crippen LogP contribution in [0.1, 0.15) is 20.8 Å². The summed E-state index contributed by atoms with van der Waals surface area (Å²) >= 11 is 1.30. The van der Waals surface area contributed by atoms with Gasteiger partial charge in [-0.1, -0.05) is 0 Å². The first kappa shape index (κ1) is 20.4. The number of anilines is 3. The maximum atomic E-state index is 13.9. The van der Waals surface area contributed by atoms with Gasteiger partial charge in [-0.2, -0.15) is 0 Å². The van der Waals surface area contributed by atoms with E-state index in [4.69, 9.17) is 0 Å². The molecule has 2 aromatic carbocycles. The Kier molecular flexibility index (Phi) is 6.95. The van der Waals surface area contributed by atoms with Crippen molar-refractivity contribution in [3.05, 3.63) is 48.3 Å². The molecule has 0 saturated heterocycles. The number of nitrogens with one attached hydrogen (secondary N) is 3. The van der Waals surface area contributed by atoms with Crippen molar-refractivity contribution in [2.24, 2.45) is 0 Å². The Morgan fingerprint density at radius 2 is 1.44 bits per heavy atom.